The van der Waals surface area contributed by atoms with Gasteiger partial charge < -0.3 is 9.84 Å². The summed E-state index contributed by atoms with van der Waals surface area (Å²) in [6, 6.07) is 6.61. The first kappa shape index (κ1) is 12.0. The van der Waals surface area contributed by atoms with Crippen molar-refractivity contribution in [2.75, 3.05) is 6.61 Å². The van der Waals surface area contributed by atoms with Crippen molar-refractivity contribution in [1.29, 1.82) is 0 Å². The summed E-state index contributed by atoms with van der Waals surface area (Å²) in [6.45, 7) is 3.74. The summed E-state index contributed by atoms with van der Waals surface area (Å²) in [5.74, 6) is 0.156. The summed E-state index contributed by atoms with van der Waals surface area (Å²) in [7, 11) is 0. The number of benzene rings is 1. The lowest BCUT2D eigenvalue weighted by molar-refractivity contribution is 0.152. The van der Waals surface area contributed by atoms with Crippen LogP contribution in [0.1, 0.15) is 19.4 Å². The molecule has 16 heavy (non-hydrogen) atoms. The Morgan fingerprint density at radius 3 is 2.94 bits per heavy atom. The first-order valence-electron chi connectivity index (χ1n) is 4.90. The van der Waals surface area contributed by atoms with Crippen LogP contribution in [0.5, 0.6) is 5.75 Å². The van der Waals surface area contributed by atoms with Gasteiger partial charge in [0.25, 0.3) is 0 Å². The largest absolute Gasteiger partial charge is 0.508 e. The van der Waals surface area contributed by atoms with Crippen molar-refractivity contribution in [1.82, 2.24) is 5.43 Å². The van der Waals surface area contributed by atoms with Gasteiger partial charge in [0, 0.05) is 5.56 Å². The Labute approximate surface area is 93.7 Å². The monoisotopic (exact) mass is 222 g/mol. The van der Waals surface area contributed by atoms with Gasteiger partial charge in [0.15, 0.2) is 0 Å². The second kappa shape index (κ2) is 5.75. The molecule has 1 rings (SSSR count). The third-order valence-corrected chi connectivity index (χ3v) is 1.85. The Kier molecular flexibility index (Phi) is 4.32. The Morgan fingerprint density at radius 1 is 1.56 bits per heavy atom. The van der Waals surface area contributed by atoms with Crippen LogP contribution in [-0.2, 0) is 4.74 Å². The maximum atomic E-state index is 11.0. The number of carbonyl (C=O) groups excluding carboxylic acids is 1. The third-order valence-electron chi connectivity index (χ3n) is 1.85. The van der Waals surface area contributed by atoms with Gasteiger partial charge in [-0.2, -0.15) is 5.10 Å². The highest BCUT2D eigenvalue weighted by molar-refractivity contribution is 5.99. The molecule has 0 aliphatic heterocycles. The summed E-state index contributed by atoms with van der Waals surface area (Å²) < 4.78 is 4.65. The fourth-order valence-electron chi connectivity index (χ4n) is 1.09. The molecule has 0 radical (unpaired) electrons. The highest BCUT2D eigenvalue weighted by atomic mass is 16.5. The fourth-order valence-corrected chi connectivity index (χ4v) is 1.09. The molecule has 0 bridgehead atoms. The number of hydrogen-bond donors (Lipinski definition) is 2. The van der Waals surface area contributed by atoms with E-state index in [9.17, 15) is 9.90 Å². The van der Waals surface area contributed by atoms with Gasteiger partial charge in [-0.15, -0.1) is 0 Å². The molecule has 0 aliphatic rings. The summed E-state index contributed by atoms with van der Waals surface area (Å²) in [4.78, 5) is 11.0. The minimum atomic E-state index is -0.595. The molecule has 0 saturated carbocycles. The zero-order valence-electron chi connectivity index (χ0n) is 9.23. The fraction of sp³-hybridized carbons (Fsp3) is 0.273. The van der Waals surface area contributed by atoms with Gasteiger partial charge in [0.05, 0.1) is 12.3 Å². The van der Waals surface area contributed by atoms with Gasteiger partial charge in [-0.05, 0) is 26.0 Å². The van der Waals surface area contributed by atoms with Gasteiger partial charge in [-0.1, -0.05) is 12.1 Å². The predicted octanol–water partition coefficient (Wildman–Crippen LogP) is 1.86. The first-order chi connectivity index (χ1) is 7.63. The van der Waals surface area contributed by atoms with Crippen LogP contribution in [0.2, 0.25) is 0 Å². The Bertz CT molecular complexity index is 402. The molecular weight excluding hydrogens is 208 g/mol. The molecule has 5 nitrogen and oxygen atoms in total. The average molecular weight is 222 g/mol. The number of nitrogens with one attached hydrogen (secondary N) is 1. The zero-order valence-corrected chi connectivity index (χ0v) is 9.23. The van der Waals surface area contributed by atoms with E-state index in [2.05, 4.69) is 15.3 Å². The molecule has 5 heteroatoms. The van der Waals surface area contributed by atoms with Gasteiger partial charge >= 0.3 is 6.09 Å². The number of amides is 1. The van der Waals surface area contributed by atoms with Crippen LogP contribution < -0.4 is 5.43 Å². The molecule has 0 atom stereocenters. The molecule has 0 fully saturated rings. The van der Waals surface area contributed by atoms with Crippen molar-refractivity contribution in [3.05, 3.63) is 29.8 Å². The summed E-state index contributed by atoms with van der Waals surface area (Å²) in [6.07, 6.45) is -0.595. The number of phenols is 1. The van der Waals surface area contributed by atoms with E-state index < -0.39 is 6.09 Å². The average Bonchev–Trinajstić information content (AvgIpc) is 2.26. The molecule has 86 valence electrons. The van der Waals surface area contributed by atoms with E-state index in [-0.39, 0.29) is 5.75 Å². The van der Waals surface area contributed by atoms with Gasteiger partial charge in [-0.25, -0.2) is 10.2 Å². The smallest absolute Gasteiger partial charge is 0.427 e. The van der Waals surface area contributed by atoms with Crippen molar-refractivity contribution in [3.8, 4) is 5.75 Å². The van der Waals surface area contributed by atoms with Crippen molar-refractivity contribution in [2.24, 2.45) is 5.10 Å². The van der Waals surface area contributed by atoms with E-state index in [4.69, 9.17) is 0 Å². The van der Waals surface area contributed by atoms with Gasteiger partial charge in [-0.3, -0.25) is 0 Å². The summed E-state index contributed by atoms with van der Waals surface area (Å²) >= 11 is 0. The lowest BCUT2D eigenvalue weighted by atomic mass is 10.1. The Morgan fingerprint density at radius 2 is 2.31 bits per heavy atom. The van der Waals surface area contributed by atoms with E-state index in [1.807, 2.05) is 0 Å². The normalized spacial score (nSPS) is 11.0. The summed E-state index contributed by atoms with van der Waals surface area (Å²) in [5, 5.41) is 13.1. The number of rotatable bonds is 3. The second-order valence-electron chi connectivity index (χ2n) is 3.08. The van der Waals surface area contributed by atoms with Crippen LogP contribution in [0.4, 0.5) is 4.79 Å². The third kappa shape index (κ3) is 3.61. The SMILES string of the molecule is CCOC(=O)NN=C(C)c1cccc(O)c1. The number of nitrogens with zero attached hydrogens (tertiary/aromatic N) is 1. The predicted molar refractivity (Wildman–Crippen MR) is 60.5 cm³/mol. The Hall–Kier alpha value is -2.04. The molecule has 1 amide bonds. The molecule has 0 unspecified atom stereocenters. The van der Waals surface area contributed by atoms with Crippen LogP contribution in [0.15, 0.2) is 29.4 Å². The van der Waals surface area contributed by atoms with Crippen molar-refractivity contribution >= 4 is 11.8 Å². The zero-order chi connectivity index (χ0) is 12.0. The van der Waals surface area contributed by atoms with E-state index in [1.54, 1.807) is 38.1 Å². The maximum Gasteiger partial charge on any atom is 0.427 e. The van der Waals surface area contributed by atoms with E-state index >= 15 is 0 Å². The molecule has 2 N–H and O–H groups in total. The van der Waals surface area contributed by atoms with E-state index in [0.29, 0.717) is 12.3 Å². The quantitative estimate of drug-likeness (QED) is 0.605. The lowest BCUT2D eigenvalue weighted by Gasteiger charge is -2.03. The number of aromatic hydroxyl groups is 1. The maximum absolute atomic E-state index is 11.0. The van der Waals surface area contributed by atoms with Crippen LogP contribution in [0.25, 0.3) is 0 Å². The molecule has 1 aromatic rings. The van der Waals surface area contributed by atoms with Crippen LogP contribution in [-0.4, -0.2) is 23.5 Å². The molecule has 0 heterocycles. The molecule has 0 spiro atoms. The van der Waals surface area contributed by atoms with Crippen molar-refractivity contribution < 1.29 is 14.6 Å². The number of hydrogen-bond acceptors (Lipinski definition) is 4. The molecule has 0 aliphatic carbocycles. The van der Waals surface area contributed by atoms with Crippen LogP contribution >= 0.6 is 0 Å². The second-order valence-corrected chi connectivity index (χ2v) is 3.08. The minimum Gasteiger partial charge on any atom is -0.508 e. The number of phenolic OH excluding ortho intramolecular Hbond substituents is 1. The van der Waals surface area contributed by atoms with Crippen LogP contribution in [0.3, 0.4) is 0 Å². The highest BCUT2D eigenvalue weighted by Crippen LogP contribution is 2.11. The first-order valence-corrected chi connectivity index (χ1v) is 4.90. The molecule has 0 aromatic heterocycles. The number of carbonyl (C=O) groups is 1. The Balaban J connectivity index is 2.67. The standard InChI is InChI=1S/C11H14N2O3/c1-3-16-11(15)13-12-8(2)9-5-4-6-10(14)7-9/h4-7,14H,3H2,1-2H3,(H,13,15). The molecule has 1 aromatic carbocycles. The van der Waals surface area contributed by atoms with Crippen molar-refractivity contribution in [2.45, 2.75) is 13.8 Å². The highest BCUT2D eigenvalue weighted by Gasteiger charge is 2.01. The van der Waals surface area contributed by atoms with Crippen molar-refractivity contribution in [3.63, 3.8) is 0 Å². The molecular formula is C11H14N2O3. The number of hydrazone groups is 1. The number of ether oxygens (including phenoxy) is 1. The van der Waals surface area contributed by atoms with Gasteiger partial charge in [0.1, 0.15) is 5.75 Å². The lowest BCUT2D eigenvalue weighted by Crippen LogP contribution is -2.20. The summed E-state index contributed by atoms with van der Waals surface area (Å²) in [5.41, 5.74) is 3.57. The van der Waals surface area contributed by atoms with E-state index in [0.717, 1.165) is 5.56 Å². The van der Waals surface area contributed by atoms with Gasteiger partial charge in [0.2, 0.25) is 0 Å². The minimum absolute atomic E-state index is 0.156. The topological polar surface area (TPSA) is 70.9 Å². The molecule has 0 saturated heterocycles. The van der Waals surface area contributed by atoms with E-state index in [1.165, 1.54) is 0 Å². The van der Waals surface area contributed by atoms with Crippen LogP contribution in [0, 0.1) is 0 Å².